The van der Waals surface area contributed by atoms with E-state index in [2.05, 4.69) is 10.3 Å². The van der Waals surface area contributed by atoms with Gasteiger partial charge in [0.25, 0.3) is 5.91 Å². The molecule has 4 aromatic rings. The number of nitrogens with zero attached hydrogens (tertiary/aromatic N) is 1. The van der Waals surface area contributed by atoms with Crippen LogP contribution in [0.15, 0.2) is 65.3 Å². The van der Waals surface area contributed by atoms with Crippen molar-refractivity contribution < 1.29 is 28.3 Å². The number of ketones is 2. The van der Waals surface area contributed by atoms with Gasteiger partial charge in [0.15, 0.2) is 34.6 Å². The molecule has 2 aromatic heterocycles. The van der Waals surface area contributed by atoms with Crippen LogP contribution in [0.25, 0.3) is 10.8 Å². The van der Waals surface area contributed by atoms with E-state index in [0.717, 1.165) is 0 Å². The van der Waals surface area contributed by atoms with Gasteiger partial charge in [-0.25, -0.2) is 9.78 Å². The molecule has 0 aliphatic heterocycles. The third kappa shape index (κ3) is 3.71. The van der Waals surface area contributed by atoms with Gasteiger partial charge in [0.1, 0.15) is 0 Å². The molecule has 2 aromatic carbocycles. The topological polar surface area (TPSA) is 116 Å². The van der Waals surface area contributed by atoms with Gasteiger partial charge in [-0.1, -0.05) is 36.4 Å². The van der Waals surface area contributed by atoms with E-state index >= 15 is 0 Å². The number of fused-ring (bicyclic) bond motifs is 2. The summed E-state index contributed by atoms with van der Waals surface area (Å²) in [6, 6.07) is 14.6. The van der Waals surface area contributed by atoms with Gasteiger partial charge in [0.05, 0.1) is 17.5 Å². The lowest BCUT2D eigenvalue weighted by Crippen LogP contribution is -2.26. The molecule has 1 amide bonds. The van der Waals surface area contributed by atoms with E-state index in [4.69, 9.17) is 9.15 Å². The smallest absolute Gasteiger partial charge is 0.358 e. The lowest BCUT2D eigenvalue weighted by molar-refractivity contribution is -0.119. The van der Waals surface area contributed by atoms with Crippen LogP contribution in [0.1, 0.15) is 47.2 Å². The van der Waals surface area contributed by atoms with Crippen LogP contribution in [0.5, 0.6) is 0 Å². The SMILES string of the molecule is Cc1sc(-c2ccco2)nc1C(=O)OCC(=O)Nc1cccc2c1C(=O)c1ccccc1C2=O. The minimum absolute atomic E-state index is 0.0960. The molecule has 0 saturated carbocycles. The normalized spacial score (nSPS) is 12.1. The highest BCUT2D eigenvalue weighted by Crippen LogP contribution is 2.32. The Kier molecular flexibility index (Phi) is 5.39. The fourth-order valence-corrected chi connectivity index (χ4v) is 4.60. The maximum Gasteiger partial charge on any atom is 0.358 e. The number of aryl methyl sites for hydroxylation is 1. The predicted octanol–water partition coefficient (Wildman–Crippen LogP) is 4.28. The van der Waals surface area contributed by atoms with Gasteiger partial charge in [-0.3, -0.25) is 14.4 Å². The monoisotopic (exact) mass is 472 g/mol. The molecular weight excluding hydrogens is 456 g/mol. The van der Waals surface area contributed by atoms with Crippen molar-refractivity contribution in [3.63, 3.8) is 0 Å². The summed E-state index contributed by atoms with van der Waals surface area (Å²) in [7, 11) is 0. The van der Waals surface area contributed by atoms with E-state index in [1.807, 2.05) is 0 Å². The van der Waals surface area contributed by atoms with Gasteiger partial charge in [0.2, 0.25) is 0 Å². The molecule has 1 N–H and O–H groups in total. The van der Waals surface area contributed by atoms with Gasteiger partial charge in [-0.15, -0.1) is 11.3 Å². The van der Waals surface area contributed by atoms with Crippen LogP contribution in [-0.2, 0) is 9.53 Å². The second kappa shape index (κ2) is 8.53. The van der Waals surface area contributed by atoms with E-state index in [9.17, 15) is 19.2 Å². The number of hydrogen-bond donors (Lipinski definition) is 1. The number of aromatic nitrogens is 1. The summed E-state index contributed by atoms with van der Waals surface area (Å²) >= 11 is 1.27. The van der Waals surface area contributed by atoms with Gasteiger partial charge < -0.3 is 14.5 Å². The first-order valence-electron chi connectivity index (χ1n) is 10.2. The molecule has 168 valence electrons. The predicted molar refractivity (Wildman–Crippen MR) is 123 cm³/mol. The number of furan rings is 1. The number of benzene rings is 2. The number of amides is 1. The first kappa shape index (κ1) is 21.5. The van der Waals surface area contributed by atoms with Crippen molar-refractivity contribution in [3.8, 4) is 10.8 Å². The van der Waals surface area contributed by atoms with Crippen LogP contribution in [0.4, 0.5) is 5.69 Å². The van der Waals surface area contributed by atoms with E-state index in [1.165, 1.54) is 23.7 Å². The fourth-order valence-electron chi connectivity index (χ4n) is 3.73. The van der Waals surface area contributed by atoms with Crippen LogP contribution in [0.3, 0.4) is 0 Å². The van der Waals surface area contributed by atoms with E-state index in [-0.39, 0.29) is 39.6 Å². The molecule has 0 saturated heterocycles. The molecule has 0 unspecified atom stereocenters. The quantitative estimate of drug-likeness (QED) is 0.380. The Morgan fingerprint density at radius 2 is 1.71 bits per heavy atom. The van der Waals surface area contributed by atoms with Crippen LogP contribution in [0.2, 0.25) is 0 Å². The first-order chi connectivity index (χ1) is 16.4. The molecule has 0 atom stereocenters. The molecule has 8 nitrogen and oxygen atoms in total. The molecule has 5 rings (SSSR count). The Morgan fingerprint density at radius 1 is 0.971 bits per heavy atom. The van der Waals surface area contributed by atoms with Crippen LogP contribution in [0, 0.1) is 6.92 Å². The lowest BCUT2D eigenvalue weighted by Gasteiger charge is -2.20. The van der Waals surface area contributed by atoms with Gasteiger partial charge >= 0.3 is 5.97 Å². The van der Waals surface area contributed by atoms with Crippen molar-refractivity contribution in [2.24, 2.45) is 0 Å². The molecular formula is C25H16N2O6S. The summed E-state index contributed by atoms with van der Waals surface area (Å²) in [6.45, 7) is 1.13. The van der Waals surface area contributed by atoms with Crippen molar-refractivity contribution in [2.45, 2.75) is 6.92 Å². The van der Waals surface area contributed by atoms with Gasteiger partial charge in [-0.2, -0.15) is 0 Å². The number of esters is 1. The second-order valence-electron chi connectivity index (χ2n) is 7.46. The summed E-state index contributed by atoms with van der Waals surface area (Å²) < 4.78 is 10.4. The van der Waals surface area contributed by atoms with Crippen molar-refractivity contribution in [2.75, 3.05) is 11.9 Å². The zero-order valence-corrected chi connectivity index (χ0v) is 18.6. The highest BCUT2D eigenvalue weighted by molar-refractivity contribution is 7.15. The molecule has 0 spiro atoms. The zero-order valence-electron chi connectivity index (χ0n) is 17.8. The van der Waals surface area contributed by atoms with Crippen LogP contribution in [-0.4, -0.2) is 35.0 Å². The van der Waals surface area contributed by atoms with E-state index < -0.39 is 18.5 Å². The number of nitrogens with one attached hydrogen (secondary N) is 1. The summed E-state index contributed by atoms with van der Waals surface area (Å²) in [6.07, 6.45) is 1.51. The highest BCUT2D eigenvalue weighted by Gasteiger charge is 2.31. The number of carbonyl (C=O) groups is 4. The highest BCUT2D eigenvalue weighted by atomic mass is 32.1. The molecule has 2 heterocycles. The number of carbonyl (C=O) groups excluding carboxylic acids is 4. The molecule has 34 heavy (non-hydrogen) atoms. The number of anilines is 1. The fraction of sp³-hybridized carbons (Fsp3) is 0.0800. The minimum atomic E-state index is -0.753. The molecule has 0 radical (unpaired) electrons. The van der Waals surface area contributed by atoms with Gasteiger partial charge in [0, 0.05) is 21.6 Å². The van der Waals surface area contributed by atoms with Crippen molar-refractivity contribution in [3.05, 3.63) is 93.7 Å². The zero-order chi connectivity index (χ0) is 23.8. The first-order valence-corrected chi connectivity index (χ1v) is 11.1. The lowest BCUT2D eigenvalue weighted by atomic mass is 9.83. The molecule has 1 aliphatic carbocycles. The Labute approximate surface area is 197 Å². The maximum absolute atomic E-state index is 13.0. The summed E-state index contributed by atoms with van der Waals surface area (Å²) in [5.41, 5.74) is 1.20. The van der Waals surface area contributed by atoms with Crippen molar-refractivity contribution >= 4 is 40.5 Å². The number of ether oxygens (including phenoxy) is 1. The minimum Gasteiger partial charge on any atom is -0.462 e. The molecule has 0 bridgehead atoms. The number of thiazole rings is 1. The number of rotatable bonds is 5. The average Bonchev–Trinajstić information content (AvgIpc) is 3.51. The standard InChI is InChI=1S/C25H16N2O6S/c1-13-21(27-24(34-13)18-10-5-11-32-18)25(31)33-12-19(28)26-17-9-4-8-16-20(17)23(30)15-7-3-2-6-14(15)22(16)29/h2-11H,12H2,1H3,(H,26,28). The Hall–Kier alpha value is -4.37. The van der Waals surface area contributed by atoms with Crippen molar-refractivity contribution in [1.29, 1.82) is 0 Å². The van der Waals surface area contributed by atoms with Crippen LogP contribution >= 0.6 is 11.3 Å². The maximum atomic E-state index is 13.0. The number of hydrogen-bond acceptors (Lipinski definition) is 8. The molecule has 1 aliphatic rings. The second-order valence-corrected chi connectivity index (χ2v) is 8.66. The summed E-state index contributed by atoms with van der Waals surface area (Å²) in [5, 5.41) is 3.11. The van der Waals surface area contributed by atoms with Crippen LogP contribution < -0.4 is 5.32 Å². The van der Waals surface area contributed by atoms with Gasteiger partial charge in [-0.05, 0) is 25.1 Å². The summed E-state index contributed by atoms with van der Waals surface area (Å²) in [5.74, 6) is -1.53. The summed E-state index contributed by atoms with van der Waals surface area (Å²) in [4.78, 5) is 55.8. The molecule has 9 heteroatoms. The van der Waals surface area contributed by atoms with E-state index in [0.29, 0.717) is 21.2 Å². The molecule has 0 fully saturated rings. The van der Waals surface area contributed by atoms with Crippen molar-refractivity contribution in [1.82, 2.24) is 4.98 Å². The Bertz CT molecular complexity index is 1470. The third-order valence-corrected chi connectivity index (χ3v) is 6.27. The Morgan fingerprint density at radius 3 is 2.44 bits per heavy atom. The average molecular weight is 472 g/mol. The third-order valence-electron chi connectivity index (χ3n) is 5.28. The Balaban J connectivity index is 1.31. The largest absolute Gasteiger partial charge is 0.462 e. The van der Waals surface area contributed by atoms with E-state index in [1.54, 1.807) is 55.5 Å².